The Hall–Kier alpha value is -1.63. The van der Waals surface area contributed by atoms with Gasteiger partial charge in [-0.2, -0.15) is 0 Å². The van der Waals surface area contributed by atoms with Gasteiger partial charge in [-0.1, -0.05) is 19.8 Å². The lowest BCUT2D eigenvalue weighted by Gasteiger charge is -2.13. The molecule has 1 aromatic rings. The Balaban J connectivity index is 2.50. The number of aliphatic carboxylic acids is 1. The zero-order valence-corrected chi connectivity index (χ0v) is 12.4. The molecule has 0 aliphatic carbocycles. The molecule has 1 unspecified atom stereocenters. The van der Waals surface area contributed by atoms with Crippen LogP contribution in [0.5, 0.6) is 0 Å². The highest BCUT2D eigenvalue weighted by Gasteiger charge is 2.19. The van der Waals surface area contributed by atoms with Crippen LogP contribution in [0.2, 0.25) is 0 Å². The number of rotatable bonds is 8. The Kier molecular flexibility index (Phi) is 7.14. The lowest BCUT2D eigenvalue weighted by molar-refractivity contribution is -0.141. The van der Waals surface area contributed by atoms with Crippen LogP contribution in [0.25, 0.3) is 0 Å². The van der Waals surface area contributed by atoms with Crippen molar-refractivity contribution in [2.24, 2.45) is 0 Å². The van der Waals surface area contributed by atoms with Crippen molar-refractivity contribution in [1.82, 2.24) is 5.32 Å². The van der Waals surface area contributed by atoms with Gasteiger partial charge in [0.1, 0.15) is 17.7 Å². The normalized spacial score (nSPS) is 12.0. The molecule has 0 saturated carbocycles. The molecule has 2 N–H and O–H groups in total. The van der Waals surface area contributed by atoms with Crippen LogP contribution < -0.4 is 5.32 Å². The first kappa shape index (κ1) is 17.4. The van der Waals surface area contributed by atoms with Crippen molar-refractivity contribution in [2.45, 2.75) is 37.1 Å². The largest absolute Gasteiger partial charge is 0.480 e. The maximum Gasteiger partial charge on any atom is 0.326 e. The SMILES string of the molecule is CCCCC(NC(=O)CSc1ccc(F)cc1F)C(=O)O. The van der Waals surface area contributed by atoms with E-state index >= 15 is 0 Å². The Morgan fingerprint density at radius 2 is 2.10 bits per heavy atom. The summed E-state index contributed by atoms with van der Waals surface area (Å²) in [5.74, 6) is -3.14. The van der Waals surface area contributed by atoms with Crippen molar-refractivity contribution in [3.63, 3.8) is 0 Å². The molecule has 1 rings (SSSR count). The van der Waals surface area contributed by atoms with Gasteiger partial charge in [-0.05, 0) is 18.6 Å². The van der Waals surface area contributed by atoms with Gasteiger partial charge in [0.15, 0.2) is 0 Å². The number of carbonyl (C=O) groups excluding carboxylic acids is 1. The zero-order chi connectivity index (χ0) is 15.8. The van der Waals surface area contributed by atoms with Gasteiger partial charge in [0, 0.05) is 11.0 Å². The molecule has 0 aliphatic rings. The summed E-state index contributed by atoms with van der Waals surface area (Å²) >= 11 is 0.895. The smallest absolute Gasteiger partial charge is 0.326 e. The van der Waals surface area contributed by atoms with Gasteiger partial charge < -0.3 is 10.4 Å². The summed E-state index contributed by atoms with van der Waals surface area (Å²) in [6.07, 6.45) is 1.87. The molecule has 1 atom stereocenters. The number of benzene rings is 1. The van der Waals surface area contributed by atoms with E-state index in [1.807, 2.05) is 6.92 Å². The first-order valence-corrected chi connectivity index (χ1v) is 7.52. The molecule has 0 saturated heterocycles. The van der Waals surface area contributed by atoms with Gasteiger partial charge in [0.05, 0.1) is 5.75 Å². The van der Waals surface area contributed by atoms with Crippen LogP contribution in [0.1, 0.15) is 26.2 Å². The van der Waals surface area contributed by atoms with Gasteiger partial charge in [-0.3, -0.25) is 4.79 Å². The molecule has 0 radical (unpaired) electrons. The van der Waals surface area contributed by atoms with Crippen LogP contribution in [0.4, 0.5) is 8.78 Å². The van der Waals surface area contributed by atoms with Crippen molar-refractivity contribution in [3.05, 3.63) is 29.8 Å². The molecule has 0 fully saturated rings. The van der Waals surface area contributed by atoms with Crippen LogP contribution >= 0.6 is 11.8 Å². The van der Waals surface area contributed by atoms with Crippen LogP contribution in [0, 0.1) is 11.6 Å². The van der Waals surface area contributed by atoms with Gasteiger partial charge in [0.25, 0.3) is 0 Å². The van der Waals surface area contributed by atoms with E-state index in [-0.39, 0.29) is 10.6 Å². The van der Waals surface area contributed by atoms with E-state index in [2.05, 4.69) is 5.32 Å². The molecule has 4 nitrogen and oxygen atoms in total. The Morgan fingerprint density at radius 1 is 1.38 bits per heavy atom. The minimum Gasteiger partial charge on any atom is -0.480 e. The Labute approximate surface area is 125 Å². The predicted octanol–water partition coefficient (Wildman–Crippen LogP) is 2.82. The number of amides is 1. The summed E-state index contributed by atoms with van der Waals surface area (Å²) in [7, 11) is 0. The summed E-state index contributed by atoms with van der Waals surface area (Å²) in [6, 6.07) is 2.15. The molecule has 1 aromatic carbocycles. The predicted molar refractivity (Wildman–Crippen MR) is 76.2 cm³/mol. The molecule has 0 spiro atoms. The van der Waals surface area contributed by atoms with E-state index in [9.17, 15) is 18.4 Å². The van der Waals surface area contributed by atoms with E-state index in [0.717, 1.165) is 30.3 Å². The third-order valence-electron chi connectivity index (χ3n) is 2.73. The summed E-state index contributed by atoms with van der Waals surface area (Å²) in [6.45, 7) is 1.92. The maximum atomic E-state index is 13.4. The molecule has 0 aliphatic heterocycles. The van der Waals surface area contributed by atoms with Crippen molar-refractivity contribution >= 4 is 23.6 Å². The van der Waals surface area contributed by atoms with E-state index < -0.39 is 29.6 Å². The average Bonchev–Trinajstić information content (AvgIpc) is 2.42. The molecule has 21 heavy (non-hydrogen) atoms. The molecular formula is C14H17F2NO3S. The average molecular weight is 317 g/mol. The Bertz CT molecular complexity index is 511. The molecule has 1 amide bonds. The molecule has 116 valence electrons. The number of carboxylic acids is 1. The number of thioether (sulfide) groups is 1. The summed E-state index contributed by atoms with van der Waals surface area (Å²) < 4.78 is 26.1. The number of hydrogen-bond donors (Lipinski definition) is 2. The Morgan fingerprint density at radius 3 is 2.67 bits per heavy atom. The minimum atomic E-state index is -1.09. The third-order valence-corrected chi connectivity index (χ3v) is 3.78. The van der Waals surface area contributed by atoms with Crippen molar-refractivity contribution in [3.8, 4) is 0 Å². The van der Waals surface area contributed by atoms with E-state index in [1.165, 1.54) is 6.07 Å². The van der Waals surface area contributed by atoms with Gasteiger partial charge in [-0.25, -0.2) is 13.6 Å². The fourth-order valence-electron chi connectivity index (χ4n) is 1.64. The molecular weight excluding hydrogens is 300 g/mol. The lowest BCUT2D eigenvalue weighted by atomic mass is 10.1. The van der Waals surface area contributed by atoms with Crippen LogP contribution in [-0.4, -0.2) is 28.8 Å². The fraction of sp³-hybridized carbons (Fsp3) is 0.429. The second-order valence-corrected chi connectivity index (χ2v) is 5.48. The quantitative estimate of drug-likeness (QED) is 0.724. The highest BCUT2D eigenvalue weighted by atomic mass is 32.2. The number of carboxylic acid groups (broad SMARTS) is 1. The topological polar surface area (TPSA) is 66.4 Å². The van der Waals surface area contributed by atoms with Crippen LogP contribution in [0.15, 0.2) is 23.1 Å². The number of nitrogens with one attached hydrogen (secondary N) is 1. The molecule has 7 heteroatoms. The van der Waals surface area contributed by atoms with Crippen molar-refractivity contribution in [1.29, 1.82) is 0 Å². The summed E-state index contributed by atoms with van der Waals surface area (Å²) in [4.78, 5) is 22.8. The summed E-state index contributed by atoms with van der Waals surface area (Å²) in [5, 5.41) is 11.4. The number of carbonyl (C=O) groups is 2. The zero-order valence-electron chi connectivity index (χ0n) is 11.6. The van der Waals surface area contributed by atoms with Crippen molar-refractivity contribution < 1.29 is 23.5 Å². The van der Waals surface area contributed by atoms with E-state index in [1.54, 1.807) is 0 Å². The molecule has 0 bridgehead atoms. The first-order chi connectivity index (χ1) is 9.93. The number of halogens is 2. The van der Waals surface area contributed by atoms with E-state index in [0.29, 0.717) is 12.8 Å². The van der Waals surface area contributed by atoms with Crippen LogP contribution in [0.3, 0.4) is 0 Å². The standard InChI is InChI=1S/C14H17F2NO3S/c1-2-3-4-11(14(19)20)17-13(18)8-21-12-6-5-9(15)7-10(12)16/h5-7,11H,2-4,8H2,1H3,(H,17,18)(H,19,20). The third kappa shape index (κ3) is 6.12. The second kappa shape index (κ2) is 8.61. The highest BCUT2D eigenvalue weighted by Crippen LogP contribution is 2.22. The first-order valence-electron chi connectivity index (χ1n) is 6.54. The van der Waals surface area contributed by atoms with Crippen molar-refractivity contribution in [2.75, 3.05) is 5.75 Å². The van der Waals surface area contributed by atoms with Crippen LogP contribution in [-0.2, 0) is 9.59 Å². The fourth-order valence-corrected chi connectivity index (χ4v) is 2.37. The molecule has 0 heterocycles. The second-order valence-electron chi connectivity index (χ2n) is 4.46. The van der Waals surface area contributed by atoms with Gasteiger partial charge in [-0.15, -0.1) is 11.8 Å². The number of unbranched alkanes of at least 4 members (excludes halogenated alkanes) is 1. The minimum absolute atomic E-state index is 0.127. The highest BCUT2D eigenvalue weighted by molar-refractivity contribution is 8.00. The lowest BCUT2D eigenvalue weighted by Crippen LogP contribution is -2.41. The van der Waals surface area contributed by atoms with Gasteiger partial charge >= 0.3 is 5.97 Å². The monoisotopic (exact) mass is 317 g/mol. The summed E-state index contributed by atoms with van der Waals surface area (Å²) in [5.41, 5.74) is 0. The van der Waals surface area contributed by atoms with E-state index in [4.69, 9.17) is 5.11 Å². The van der Waals surface area contributed by atoms with Gasteiger partial charge in [0.2, 0.25) is 5.91 Å². The number of hydrogen-bond acceptors (Lipinski definition) is 3. The molecule has 0 aromatic heterocycles. The maximum absolute atomic E-state index is 13.4.